The summed E-state index contributed by atoms with van der Waals surface area (Å²) in [7, 11) is 2.05. The van der Waals surface area contributed by atoms with Crippen molar-refractivity contribution in [3.05, 3.63) is 66.0 Å². The van der Waals surface area contributed by atoms with Crippen molar-refractivity contribution in [2.24, 2.45) is 0 Å². The van der Waals surface area contributed by atoms with Gasteiger partial charge >= 0.3 is 0 Å². The quantitative estimate of drug-likeness (QED) is 0.416. The Labute approximate surface area is 167 Å². The first-order valence-electron chi connectivity index (χ1n) is 9.04. The molecule has 0 aliphatic carbocycles. The van der Waals surface area contributed by atoms with E-state index >= 15 is 0 Å². The predicted octanol–water partition coefficient (Wildman–Crippen LogP) is 2.41. The first-order valence-corrected chi connectivity index (χ1v) is 10.1. The number of ether oxygens (including phenoxy) is 1. The monoisotopic (exact) mass is 399 g/mol. The summed E-state index contributed by atoms with van der Waals surface area (Å²) >= 11 is -2.25. The Balaban J connectivity index is 1.39. The van der Waals surface area contributed by atoms with E-state index in [0.717, 1.165) is 47.6 Å². The fraction of sp³-hybridized carbons (Fsp3) is 0.300. The van der Waals surface area contributed by atoms with Crippen LogP contribution in [-0.4, -0.2) is 43.8 Å². The second-order valence-electron chi connectivity index (χ2n) is 6.49. The van der Waals surface area contributed by atoms with Crippen molar-refractivity contribution < 1.29 is 13.5 Å². The van der Waals surface area contributed by atoms with E-state index in [0.29, 0.717) is 6.61 Å². The maximum atomic E-state index is 10.5. The second-order valence-corrected chi connectivity index (χ2v) is 7.25. The van der Waals surface area contributed by atoms with Crippen LogP contribution in [-0.2, 0) is 24.4 Å². The highest BCUT2D eigenvalue weighted by atomic mass is 32.2. The number of aromatic nitrogens is 2. The first kappa shape index (κ1) is 20.3. The van der Waals surface area contributed by atoms with E-state index < -0.39 is 11.3 Å². The third-order valence-electron chi connectivity index (χ3n) is 4.20. The third kappa shape index (κ3) is 6.35. The van der Waals surface area contributed by atoms with Crippen LogP contribution in [0.1, 0.15) is 17.7 Å². The number of hydrogen-bond acceptors (Lipinski definition) is 6. The van der Waals surface area contributed by atoms with E-state index in [-0.39, 0.29) is 6.54 Å². The van der Waals surface area contributed by atoms with Crippen LogP contribution in [0.25, 0.3) is 11.0 Å². The molecule has 28 heavy (non-hydrogen) atoms. The summed E-state index contributed by atoms with van der Waals surface area (Å²) in [6.07, 6.45) is 2.71. The van der Waals surface area contributed by atoms with Gasteiger partial charge in [-0.05, 0) is 43.3 Å². The Morgan fingerprint density at radius 2 is 1.89 bits per heavy atom. The molecule has 3 rings (SSSR count). The van der Waals surface area contributed by atoms with Crippen LogP contribution >= 0.6 is 0 Å². The van der Waals surface area contributed by atoms with Gasteiger partial charge in [0.1, 0.15) is 5.75 Å². The van der Waals surface area contributed by atoms with Crippen molar-refractivity contribution in [1.29, 1.82) is 0 Å². The average Bonchev–Trinajstić information content (AvgIpc) is 2.70. The number of rotatable bonds is 10. The summed E-state index contributed by atoms with van der Waals surface area (Å²) < 4.78 is 29.1. The largest absolute Gasteiger partial charge is 0.760 e. The van der Waals surface area contributed by atoms with Crippen LogP contribution in [0, 0.1) is 0 Å². The van der Waals surface area contributed by atoms with Crippen molar-refractivity contribution in [2.45, 2.75) is 19.5 Å². The molecule has 0 radical (unpaired) electrons. The van der Waals surface area contributed by atoms with Crippen molar-refractivity contribution >= 4 is 22.3 Å². The van der Waals surface area contributed by atoms with Gasteiger partial charge in [0.15, 0.2) is 0 Å². The van der Waals surface area contributed by atoms with Crippen LogP contribution < -0.4 is 9.46 Å². The molecular formula is C20H23N4O3S-. The van der Waals surface area contributed by atoms with Gasteiger partial charge < -0.3 is 14.2 Å². The minimum absolute atomic E-state index is 0.277. The highest BCUT2D eigenvalue weighted by molar-refractivity contribution is 7.77. The van der Waals surface area contributed by atoms with Crippen molar-refractivity contribution in [2.75, 3.05) is 20.2 Å². The molecule has 2 aromatic carbocycles. The van der Waals surface area contributed by atoms with Gasteiger partial charge in [0.2, 0.25) is 0 Å². The lowest BCUT2D eigenvalue weighted by Crippen LogP contribution is -2.21. The van der Waals surface area contributed by atoms with E-state index in [9.17, 15) is 8.76 Å². The summed E-state index contributed by atoms with van der Waals surface area (Å²) in [5.74, 6) is 0.773. The van der Waals surface area contributed by atoms with E-state index in [2.05, 4.69) is 26.6 Å². The summed E-state index contributed by atoms with van der Waals surface area (Å²) in [5.41, 5.74) is 3.65. The molecular weight excluding hydrogens is 376 g/mol. The highest BCUT2D eigenvalue weighted by Crippen LogP contribution is 2.13. The Morgan fingerprint density at radius 3 is 2.64 bits per heavy atom. The zero-order valence-corrected chi connectivity index (χ0v) is 16.5. The molecule has 0 saturated heterocycles. The van der Waals surface area contributed by atoms with Crippen LogP contribution in [0.15, 0.2) is 54.7 Å². The van der Waals surface area contributed by atoms with E-state index in [1.807, 2.05) is 54.7 Å². The highest BCUT2D eigenvalue weighted by Gasteiger charge is 2.04. The Bertz CT molecular complexity index is 921. The van der Waals surface area contributed by atoms with Crippen LogP contribution in [0.5, 0.6) is 5.75 Å². The molecule has 7 nitrogen and oxygen atoms in total. The van der Waals surface area contributed by atoms with Gasteiger partial charge in [0, 0.05) is 30.9 Å². The zero-order chi connectivity index (χ0) is 19.8. The molecule has 0 spiro atoms. The van der Waals surface area contributed by atoms with E-state index in [4.69, 9.17) is 4.74 Å². The first-order chi connectivity index (χ1) is 13.6. The Morgan fingerprint density at radius 1 is 1.14 bits per heavy atom. The molecule has 1 aromatic heterocycles. The molecule has 148 valence electrons. The summed E-state index contributed by atoms with van der Waals surface area (Å²) in [6, 6.07) is 15.2. The number of benzene rings is 2. The van der Waals surface area contributed by atoms with E-state index in [1.54, 1.807) is 0 Å². The maximum absolute atomic E-state index is 10.5. The average molecular weight is 399 g/mol. The molecule has 1 unspecified atom stereocenters. The minimum Gasteiger partial charge on any atom is -0.760 e. The van der Waals surface area contributed by atoms with Gasteiger partial charge in [-0.1, -0.05) is 24.3 Å². The van der Waals surface area contributed by atoms with Crippen LogP contribution in [0.3, 0.4) is 0 Å². The lowest BCUT2D eigenvalue weighted by Gasteiger charge is -2.16. The van der Waals surface area contributed by atoms with E-state index in [1.165, 1.54) is 0 Å². The molecule has 0 aliphatic heterocycles. The molecule has 0 aliphatic rings. The predicted molar refractivity (Wildman–Crippen MR) is 108 cm³/mol. The Hall–Kier alpha value is -2.39. The molecule has 1 atom stereocenters. The summed E-state index contributed by atoms with van der Waals surface area (Å²) in [6.45, 7) is 2.50. The van der Waals surface area contributed by atoms with Crippen molar-refractivity contribution in [3.63, 3.8) is 0 Å². The third-order valence-corrected chi connectivity index (χ3v) is 4.58. The van der Waals surface area contributed by atoms with Gasteiger partial charge in [-0.15, -0.1) is 0 Å². The number of hydrogen-bond donors (Lipinski definition) is 1. The Kier molecular flexibility index (Phi) is 7.44. The maximum Gasteiger partial charge on any atom is 0.119 e. The second kappa shape index (κ2) is 10.2. The minimum atomic E-state index is -2.25. The molecule has 0 amide bonds. The van der Waals surface area contributed by atoms with Crippen LogP contribution in [0.2, 0.25) is 0 Å². The standard InChI is InChI=1S/C20H24N4O3S/c1-24(15-17-14-21-19-5-2-3-6-20(19)23-17)11-4-12-27-18-9-7-16(8-10-18)13-22-28(25)26/h2-3,5-10,14,22H,4,11-13,15H2,1H3,(H,25,26)/p-1. The lowest BCUT2D eigenvalue weighted by molar-refractivity contribution is 0.257. The van der Waals surface area contributed by atoms with Gasteiger partial charge in [0.05, 0.1) is 29.5 Å². The SMILES string of the molecule is CN(CCCOc1ccc(CNS(=O)[O-])cc1)Cc1cnc2ccccc2n1. The van der Waals surface area contributed by atoms with Gasteiger partial charge in [-0.25, -0.2) is 9.71 Å². The smallest absolute Gasteiger partial charge is 0.119 e. The van der Waals surface area contributed by atoms with Gasteiger partial charge in [-0.3, -0.25) is 9.19 Å². The number of nitrogens with zero attached hydrogens (tertiary/aromatic N) is 3. The fourth-order valence-electron chi connectivity index (χ4n) is 2.80. The number of nitrogens with one attached hydrogen (secondary N) is 1. The molecule has 0 bridgehead atoms. The fourth-order valence-corrected chi connectivity index (χ4v) is 3.08. The molecule has 8 heteroatoms. The van der Waals surface area contributed by atoms with Gasteiger partial charge in [-0.2, -0.15) is 0 Å². The normalized spacial score (nSPS) is 12.4. The molecule has 0 fully saturated rings. The van der Waals surface area contributed by atoms with Crippen LogP contribution in [0.4, 0.5) is 0 Å². The van der Waals surface area contributed by atoms with Gasteiger partial charge in [0.25, 0.3) is 0 Å². The number of para-hydroxylation sites is 2. The molecule has 0 saturated carbocycles. The molecule has 1 heterocycles. The summed E-state index contributed by atoms with van der Waals surface area (Å²) in [5, 5.41) is 0. The molecule has 1 N–H and O–H groups in total. The topological polar surface area (TPSA) is 90.4 Å². The number of fused-ring (bicyclic) bond motifs is 1. The lowest BCUT2D eigenvalue weighted by atomic mass is 10.2. The summed E-state index contributed by atoms with van der Waals surface area (Å²) in [4.78, 5) is 11.3. The van der Waals surface area contributed by atoms with Crippen molar-refractivity contribution in [3.8, 4) is 5.75 Å². The zero-order valence-electron chi connectivity index (χ0n) is 15.7. The van der Waals surface area contributed by atoms with Crippen molar-refractivity contribution in [1.82, 2.24) is 19.6 Å². The molecule has 3 aromatic rings.